The molecule has 0 spiro atoms. The maximum Gasteiger partial charge on any atom is 2.00 e. The topological polar surface area (TPSA) is 172 Å². The summed E-state index contributed by atoms with van der Waals surface area (Å²) in [4.78, 5) is 51.4. The quantitative estimate of drug-likeness (QED) is 0.217. The van der Waals surface area contributed by atoms with Crippen LogP contribution in [0.25, 0.3) is 44.4 Å². The second-order valence-electron chi connectivity index (χ2n) is 10.9. The normalized spacial score (nSPS) is 12.4. The molecule has 8 bridgehead atoms. The van der Waals surface area contributed by atoms with E-state index in [9.17, 15) is 19.8 Å². The number of carboxylic acid groups (broad SMARTS) is 2. The SMILES string of the molecule is CCc1c(C)c2cc3nc(cc4[n-]c(cc5nc(cc1[n-]2)C(C)=C5C)c(C)c4CCC(=O)O)C(CCC(=O)O)=C3C.NC=O.[Fe+2]. The third kappa shape index (κ3) is 7.27. The van der Waals surface area contributed by atoms with Crippen LogP contribution in [-0.2, 0) is 44.3 Å². The maximum absolute atomic E-state index is 11.5. The van der Waals surface area contributed by atoms with E-state index in [1.165, 1.54) is 0 Å². The van der Waals surface area contributed by atoms with Crippen molar-refractivity contribution in [2.45, 2.75) is 73.6 Å². The monoisotopic (exact) mass is 651 g/mol. The van der Waals surface area contributed by atoms with Crippen molar-refractivity contribution in [1.82, 2.24) is 19.9 Å². The molecule has 3 aromatic heterocycles. The molecule has 1 amide bonds. The maximum atomic E-state index is 11.5. The molecule has 0 saturated heterocycles. The summed E-state index contributed by atoms with van der Waals surface area (Å²) in [5.74, 6) is -1.76. The van der Waals surface area contributed by atoms with Gasteiger partial charge >= 0.3 is 29.0 Å². The number of nitrogens with zero attached hydrogens (tertiary/aromatic N) is 4. The number of allylic oxidation sites excluding steroid dienone is 4. The molecule has 3 aromatic rings. The molecule has 0 saturated carbocycles. The predicted octanol–water partition coefficient (Wildman–Crippen LogP) is 5.61. The molecule has 0 radical (unpaired) electrons. The Balaban J connectivity index is 0.00000133. The fraction of sp³-hybridized carbons (Fsp3) is 0.324. The van der Waals surface area contributed by atoms with E-state index < -0.39 is 11.9 Å². The number of rotatable bonds is 7. The Morgan fingerprint density at radius 2 is 1.11 bits per heavy atom. The van der Waals surface area contributed by atoms with Crippen molar-refractivity contribution in [3.63, 3.8) is 0 Å². The van der Waals surface area contributed by atoms with Gasteiger partial charge in [0.25, 0.3) is 0 Å². The number of hydrogen-bond acceptors (Lipinski definition) is 5. The van der Waals surface area contributed by atoms with Crippen molar-refractivity contribution in [3.05, 3.63) is 69.3 Å². The largest absolute Gasteiger partial charge is 2.00 e. The zero-order valence-corrected chi connectivity index (χ0v) is 27.4. The first-order chi connectivity index (χ1) is 20.9. The Morgan fingerprint density at radius 3 is 1.62 bits per heavy atom. The number of amides is 1. The number of primary amides is 1. The summed E-state index contributed by atoms with van der Waals surface area (Å²) in [6.45, 7) is 12.2. The van der Waals surface area contributed by atoms with Crippen molar-refractivity contribution in [2.24, 2.45) is 5.73 Å². The van der Waals surface area contributed by atoms with E-state index in [1.807, 2.05) is 45.0 Å². The van der Waals surface area contributed by atoms with Gasteiger partial charge in [-0.2, -0.15) is 0 Å². The van der Waals surface area contributed by atoms with Gasteiger partial charge in [0.2, 0.25) is 6.41 Å². The zero-order valence-electron chi connectivity index (χ0n) is 26.3. The first kappa shape index (κ1) is 35.0. The summed E-state index contributed by atoms with van der Waals surface area (Å²) in [5, 5.41) is 18.9. The number of carboxylic acids is 2. The summed E-state index contributed by atoms with van der Waals surface area (Å²) in [6, 6.07) is 7.86. The van der Waals surface area contributed by atoms with E-state index in [2.05, 4.69) is 26.5 Å². The van der Waals surface area contributed by atoms with Crippen molar-refractivity contribution in [3.8, 4) is 0 Å². The molecule has 0 unspecified atom stereocenters. The number of aromatic nitrogens is 4. The van der Waals surface area contributed by atoms with E-state index in [0.29, 0.717) is 24.1 Å². The molecule has 4 N–H and O–H groups in total. The van der Waals surface area contributed by atoms with E-state index in [-0.39, 0.29) is 36.3 Å². The van der Waals surface area contributed by atoms with Gasteiger partial charge in [0.15, 0.2) is 0 Å². The molecule has 0 aromatic carbocycles. The fourth-order valence-electron chi connectivity index (χ4n) is 5.69. The van der Waals surface area contributed by atoms with Crippen LogP contribution >= 0.6 is 0 Å². The second kappa shape index (κ2) is 14.5. The molecule has 5 heterocycles. The molecule has 11 heteroatoms. The van der Waals surface area contributed by atoms with Gasteiger partial charge in [-0.15, -0.1) is 22.1 Å². The van der Waals surface area contributed by atoms with Crippen LogP contribution in [0.15, 0.2) is 24.3 Å². The van der Waals surface area contributed by atoms with Crippen LogP contribution < -0.4 is 15.7 Å². The summed E-state index contributed by atoms with van der Waals surface area (Å²) in [6.07, 6.45) is 1.66. The van der Waals surface area contributed by atoms with E-state index >= 15 is 0 Å². The minimum absolute atomic E-state index is 0. The van der Waals surface area contributed by atoms with Crippen LogP contribution in [0.1, 0.15) is 92.0 Å². The molecule has 0 fully saturated rings. The van der Waals surface area contributed by atoms with Crippen LogP contribution in [0.5, 0.6) is 0 Å². The summed E-state index contributed by atoms with van der Waals surface area (Å²) in [5.41, 5.74) is 18.2. The Labute approximate surface area is 272 Å². The zero-order chi connectivity index (χ0) is 32.3. The van der Waals surface area contributed by atoms with E-state index in [1.54, 1.807) is 0 Å². The second-order valence-corrected chi connectivity index (χ2v) is 10.9. The average Bonchev–Trinajstić information content (AvgIpc) is 3.61. The van der Waals surface area contributed by atoms with Crippen LogP contribution in [0, 0.1) is 13.8 Å². The Bertz CT molecular complexity index is 1900. The average molecular weight is 652 g/mol. The number of aryl methyl sites for hydroxylation is 4. The van der Waals surface area contributed by atoms with Crippen LogP contribution in [0.3, 0.4) is 0 Å². The van der Waals surface area contributed by atoms with Crippen LogP contribution in [0.2, 0.25) is 0 Å². The summed E-state index contributed by atoms with van der Waals surface area (Å²) >= 11 is 0. The molecule has 0 aliphatic carbocycles. The number of aliphatic carboxylic acids is 2. The molecule has 45 heavy (non-hydrogen) atoms. The van der Waals surface area contributed by atoms with Gasteiger partial charge in [0.05, 0.1) is 22.8 Å². The Hall–Kier alpha value is -4.47. The molecule has 2 aliphatic heterocycles. The van der Waals surface area contributed by atoms with E-state index in [4.69, 9.17) is 24.7 Å². The number of carbonyl (C=O) groups excluding carboxylic acids is 1. The third-order valence-corrected chi connectivity index (χ3v) is 8.36. The molecule has 10 nitrogen and oxygen atoms in total. The van der Waals surface area contributed by atoms with Crippen LogP contribution in [-0.4, -0.2) is 38.5 Å². The predicted molar refractivity (Wildman–Crippen MR) is 172 cm³/mol. The van der Waals surface area contributed by atoms with E-state index in [0.717, 1.165) is 84.6 Å². The van der Waals surface area contributed by atoms with Crippen molar-refractivity contribution in [2.75, 3.05) is 0 Å². The number of nitrogens with two attached hydrogens (primary N) is 1. The third-order valence-electron chi connectivity index (χ3n) is 8.36. The molecule has 5 rings (SSSR count). The number of carbonyl (C=O) groups is 3. The standard InChI is InChI=1S/C33H36N4O4.CH3NO.Fe/c1-7-21-18(4)26-13-28-20(6)23(9-11-33(40)41)31(37-28)15-30-22(8-10-32(38)39)19(5)27(36-30)12-24-16(2)17(3)25(34-24)14-29(21)35-26;2-1-3;/h12-15H,7-11H2,1-6H3,(H4,34,35,36,37,38,39,40,41);1H,(H2,2,3);/q;;+2/p-2. The van der Waals surface area contributed by atoms with Gasteiger partial charge in [-0.1, -0.05) is 53.4 Å². The number of hydrogen-bond donors (Lipinski definition) is 3. The fourth-order valence-corrected chi connectivity index (χ4v) is 5.69. The minimum atomic E-state index is -0.880. The summed E-state index contributed by atoms with van der Waals surface area (Å²) in [7, 11) is 0. The van der Waals surface area contributed by atoms with Gasteiger partial charge in [-0.3, -0.25) is 14.4 Å². The van der Waals surface area contributed by atoms with Crippen LogP contribution in [0.4, 0.5) is 0 Å². The molecular weight excluding hydrogens is 614 g/mol. The van der Waals surface area contributed by atoms with Crippen molar-refractivity contribution < 1.29 is 41.7 Å². The van der Waals surface area contributed by atoms with Gasteiger partial charge in [-0.05, 0) is 76.2 Å². The smallest absolute Gasteiger partial charge is 0.657 e. The first-order valence-electron chi connectivity index (χ1n) is 14.5. The molecular formula is C34H37FeN5O5. The summed E-state index contributed by atoms with van der Waals surface area (Å²) < 4.78 is 0. The number of fused-ring (bicyclic) bond motifs is 8. The van der Waals surface area contributed by atoms with Gasteiger partial charge in [0, 0.05) is 12.8 Å². The van der Waals surface area contributed by atoms with Crippen molar-refractivity contribution >= 4 is 62.7 Å². The molecule has 236 valence electrons. The Morgan fingerprint density at radius 1 is 0.711 bits per heavy atom. The Kier molecular flexibility index (Phi) is 11.3. The van der Waals surface area contributed by atoms with Gasteiger partial charge in [0.1, 0.15) is 0 Å². The van der Waals surface area contributed by atoms with Gasteiger partial charge < -0.3 is 25.9 Å². The minimum Gasteiger partial charge on any atom is -0.657 e. The molecule has 2 aliphatic rings. The van der Waals surface area contributed by atoms with Crippen molar-refractivity contribution in [1.29, 1.82) is 0 Å². The molecule has 0 atom stereocenters. The first-order valence-corrected chi connectivity index (χ1v) is 14.5. The van der Waals surface area contributed by atoms with Gasteiger partial charge in [-0.25, -0.2) is 9.97 Å².